The summed E-state index contributed by atoms with van der Waals surface area (Å²) in [6.45, 7) is 0.867. The van der Waals surface area contributed by atoms with Gasteiger partial charge in [-0.25, -0.2) is 8.42 Å². The van der Waals surface area contributed by atoms with Crippen molar-refractivity contribution in [1.82, 2.24) is 9.62 Å². The summed E-state index contributed by atoms with van der Waals surface area (Å²) in [5.74, 6) is 0. The summed E-state index contributed by atoms with van der Waals surface area (Å²) in [6, 6.07) is 3.38. The molecule has 1 aliphatic rings. The first kappa shape index (κ1) is 16.2. The molecule has 1 aromatic rings. The van der Waals surface area contributed by atoms with E-state index in [1.54, 1.807) is 7.05 Å². The van der Waals surface area contributed by atoms with E-state index in [1.807, 2.05) is 0 Å². The molecule has 1 aromatic carbocycles. The maximum absolute atomic E-state index is 12.7. The van der Waals surface area contributed by atoms with Gasteiger partial charge >= 0.3 is 0 Å². The Morgan fingerprint density at radius 2 is 2.24 bits per heavy atom. The average Bonchev–Trinajstić information content (AvgIpc) is 2.87. The molecule has 7 nitrogen and oxygen atoms in total. The van der Waals surface area contributed by atoms with Crippen molar-refractivity contribution >= 4 is 27.3 Å². The molecule has 116 valence electrons. The minimum absolute atomic E-state index is 0.156. The standard InChI is InChI=1S/C12H16ClN3O4S/c1-14-8-10-3-2-6-15(10)21(19,20)12-7-9(13)4-5-11(12)16(17)18/h4-5,7,10,14H,2-3,6,8H2,1H3. The Balaban J connectivity index is 2.49. The second-order valence-corrected chi connectivity index (χ2v) is 7.13. The van der Waals surface area contributed by atoms with Gasteiger partial charge in [0.2, 0.25) is 10.0 Å². The number of benzene rings is 1. The normalized spacial score (nSPS) is 19.8. The second kappa shape index (κ2) is 6.27. The number of nitro groups is 1. The van der Waals surface area contributed by atoms with Crippen molar-refractivity contribution in [2.75, 3.05) is 20.1 Å². The maximum atomic E-state index is 12.7. The van der Waals surface area contributed by atoms with Crippen molar-refractivity contribution in [3.8, 4) is 0 Å². The quantitative estimate of drug-likeness (QED) is 0.653. The highest BCUT2D eigenvalue weighted by molar-refractivity contribution is 7.89. The Hall–Kier alpha value is -1.22. The molecule has 0 saturated carbocycles. The molecule has 21 heavy (non-hydrogen) atoms. The molecular formula is C12H16ClN3O4S. The van der Waals surface area contributed by atoms with E-state index in [0.29, 0.717) is 13.1 Å². The first-order chi connectivity index (χ1) is 9.87. The van der Waals surface area contributed by atoms with Gasteiger partial charge in [-0.1, -0.05) is 11.6 Å². The van der Waals surface area contributed by atoms with Crippen LogP contribution in [0, 0.1) is 10.1 Å². The number of likely N-dealkylation sites (N-methyl/N-ethyl adjacent to an activating group) is 1. The summed E-state index contributed by atoms with van der Waals surface area (Å²) in [4.78, 5) is 10.0. The molecule has 1 N–H and O–H groups in total. The molecule has 1 aliphatic heterocycles. The molecule has 9 heteroatoms. The maximum Gasteiger partial charge on any atom is 0.289 e. The summed E-state index contributed by atoms with van der Waals surface area (Å²) in [5.41, 5.74) is -0.450. The lowest BCUT2D eigenvalue weighted by molar-refractivity contribution is -0.387. The van der Waals surface area contributed by atoms with Crippen LogP contribution in [0.3, 0.4) is 0 Å². The minimum Gasteiger partial charge on any atom is -0.318 e. The molecule has 0 aromatic heterocycles. The molecule has 0 spiro atoms. The molecule has 1 fully saturated rings. The Morgan fingerprint density at radius 3 is 2.86 bits per heavy atom. The van der Waals surface area contributed by atoms with E-state index in [2.05, 4.69) is 5.32 Å². The van der Waals surface area contributed by atoms with Crippen molar-refractivity contribution in [1.29, 1.82) is 0 Å². The lowest BCUT2D eigenvalue weighted by Gasteiger charge is -2.23. The first-order valence-corrected chi connectivity index (χ1v) is 8.30. The molecule has 1 atom stereocenters. The molecule has 0 bridgehead atoms. The average molecular weight is 334 g/mol. The van der Waals surface area contributed by atoms with E-state index in [4.69, 9.17) is 11.6 Å². The largest absolute Gasteiger partial charge is 0.318 e. The lowest BCUT2D eigenvalue weighted by atomic mass is 10.2. The Bertz CT molecular complexity index is 650. The molecule has 2 rings (SSSR count). The number of halogens is 1. The van der Waals surface area contributed by atoms with E-state index in [0.717, 1.165) is 25.0 Å². The monoisotopic (exact) mass is 333 g/mol. The van der Waals surface area contributed by atoms with Crippen LogP contribution >= 0.6 is 11.6 Å². The van der Waals surface area contributed by atoms with Crippen LogP contribution in [0.2, 0.25) is 5.02 Å². The number of sulfonamides is 1. The van der Waals surface area contributed by atoms with E-state index in [9.17, 15) is 18.5 Å². The number of nitro benzene ring substituents is 1. The van der Waals surface area contributed by atoms with Gasteiger partial charge in [-0.05, 0) is 32.0 Å². The summed E-state index contributed by atoms with van der Waals surface area (Å²) >= 11 is 5.81. The van der Waals surface area contributed by atoms with Crippen LogP contribution < -0.4 is 5.32 Å². The third kappa shape index (κ3) is 3.18. The van der Waals surface area contributed by atoms with Crippen molar-refractivity contribution in [2.24, 2.45) is 0 Å². The first-order valence-electron chi connectivity index (χ1n) is 6.48. The Kier molecular flexibility index (Phi) is 4.82. The van der Waals surface area contributed by atoms with Crippen molar-refractivity contribution < 1.29 is 13.3 Å². The van der Waals surface area contributed by atoms with Gasteiger partial charge in [0.1, 0.15) is 0 Å². The highest BCUT2D eigenvalue weighted by Gasteiger charge is 2.38. The minimum atomic E-state index is -3.94. The zero-order valence-corrected chi connectivity index (χ0v) is 13.0. The highest BCUT2D eigenvalue weighted by atomic mass is 35.5. The third-order valence-corrected chi connectivity index (χ3v) is 5.68. The van der Waals surface area contributed by atoms with Crippen molar-refractivity contribution in [3.63, 3.8) is 0 Å². The molecule has 1 heterocycles. The Labute approximate surface area is 128 Å². The van der Waals surface area contributed by atoms with Gasteiger partial charge in [0.15, 0.2) is 4.90 Å². The molecule has 0 radical (unpaired) electrons. The summed E-state index contributed by atoms with van der Waals surface area (Å²) in [5, 5.41) is 14.2. The predicted molar refractivity (Wildman–Crippen MR) is 78.9 cm³/mol. The van der Waals surface area contributed by atoms with Crippen LogP contribution in [-0.4, -0.2) is 43.8 Å². The number of hydrogen-bond donors (Lipinski definition) is 1. The van der Waals surface area contributed by atoms with Crippen LogP contribution in [0.25, 0.3) is 0 Å². The number of rotatable bonds is 5. The second-order valence-electron chi connectivity index (χ2n) is 4.84. The van der Waals surface area contributed by atoms with Gasteiger partial charge in [0, 0.05) is 30.2 Å². The van der Waals surface area contributed by atoms with Crippen LogP contribution in [0.1, 0.15) is 12.8 Å². The van der Waals surface area contributed by atoms with Crippen LogP contribution in [0.4, 0.5) is 5.69 Å². The predicted octanol–water partition coefficient (Wildman–Crippen LogP) is 1.62. The zero-order chi connectivity index (χ0) is 15.6. The number of nitrogens with zero attached hydrogens (tertiary/aromatic N) is 2. The van der Waals surface area contributed by atoms with Gasteiger partial charge < -0.3 is 5.32 Å². The van der Waals surface area contributed by atoms with Gasteiger partial charge in [0.05, 0.1) is 4.92 Å². The van der Waals surface area contributed by atoms with Crippen LogP contribution in [0.15, 0.2) is 23.1 Å². The van der Waals surface area contributed by atoms with E-state index < -0.39 is 20.6 Å². The molecule has 0 aliphatic carbocycles. The fraction of sp³-hybridized carbons (Fsp3) is 0.500. The van der Waals surface area contributed by atoms with E-state index in [-0.39, 0.29) is 16.0 Å². The molecule has 0 amide bonds. The lowest BCUT2D eigenvalue weighted by Crippen LogP contribution is -2.40. The van der Waals surface area contributed by atoms with Crippen molar-refractivity contribution in [2.45, 2.75) is 23.8 Å². The fourth-order valence-corrected chi connectivity index (χ4v) is 4.65. The number of nitrogens with one attached hydrogen (secondary N) is 1. The molecular weight excluding hydrogens is 318 g/mol. The fourth-order valence-electron chi connectivity index (χ4n) is 2.54. The van der Waals surface area contributed by atoms with Crippen LogP contribution in [0.5, 0.6) is 0 Å². The van der Waals surface area contributed by atoms with Gasteiger partial charge in [-0.3, -0.25) is 10.1 Å². The van der Waals surface area contributed by atoms with Gasteiger partial charge in [-0.2, -0.15) is 4.31 Å². The van der Waals surface area contributed by atoms with Crippen molar-refractivity contribution in [3.05, 3.63) is 33.3 Å². The summed E-state index contributed by atoms with van der Waals surface area (Å²) in [7, 11) is -2.20. The van der Waals surface area contributed by atoms with E-state index in [1.165, 1.54) is 10.4 Å². The van der Waals surface area contributed by atoms with E-state index >= 15 is 0 Å². The highest BCUT2D eigenvalue weighted by Crippen LogP contribution is 2.33. The third-order valence-electron chi connectivity index (χ3n) is 3.47. The molecule has 1 unspecified atom stereocenters. The summed E-state index contributed by atoms with van der Waals surface area (Å²) < 4.78 is 26.8. The van der Waals surface area contributed by atoms with Gasteiger partial charge in [-0.15, -0.1) is 0 Å². The molecule has 1 saturated heterocycles. The smallest absolute Gasteiger partial charge is 0.289 e. The number of hydrogen-bond acceptors (Lipinski definition) is 5. The van der Waals surface area contributed by atoms with Gasteiger partial charge in [0.25, 0.3) is 5.69 Å². The van der Waals surface area contributed by atoms with Crippen LogP contribution in [-0.2, 0) is 10.0 Å². The topological polar surface area (TPSA) is 92.6 Å². The Morgan fingerprint density at radius 1 is 1.52 bits per heavy atom. The zero-order valence-electron chi connectivity index (χ0n) is 11.5. The SMILES string of the molecule is CNCC1CCCN1S(=O)(=O)c1cc(Cl)ccc1[N+](=O)[O-]. The summed E-state index contributed by atoms with van der Waals surface area (Å²) in [6.07, 6.45) is 1.47.